The van der Waals surface area contributed by atoms with Gasteiger partial charge in [-0.15, -0.1) is 0 Å². The number of aromatic amines is 1. The van der Waals surface area contributed by atoms with E-state index in [4.69, 9.17) is 0 Å². The number of hydrogen-bond donors (Lipinski definition) is 4. The number of halogens is 2. The van der Waals surface area contributed by atoms with Crippen LogP contribution in [0.25, 0.3) is 11.0 Å². The minimum atomic E-state index is -3.87. The van der Waals surface area contributed by atoms with Crippen molar-refractivity contribution in [2.45, 2.75) is 13.3 Å². The summed E-state index contributed by atoms with van der Waals surface area (Å²) in [5.74, 6) is -4.39. The Bertz CT molecular complexity index is 1560. The maximum absolute atomic E-state index is 14.9. The Hall–Kier alpha value is -4.32. The van der Waals surface area contributed by atoms with Crippen LogP contribution in [0.15, 0.2) is 60.9 Å². The summed E-state index contributed by atoms with van der Waals surface area (Å²) in [7, 11) is -3.87. The summed E-state index contributed by atoms with van der Waals surface area (Å²) in [6.45, 7) is 1.63. The highest BCUT2D eigenvalue weighted by Crippen LogP contribution is 2.25. The Kier molecular flexibility index (Phi) is 6.97. The maximum Gasteiger partial charge on any atom is 0.261 e. The van der Waals surface area contributed by atoms with Gasteiger partial charge in [0, 0.05) is 17.3 Å². The van der Waals surface area contributed by atoms with Crippen LogP contribution in [0, 0.1) is 11.6 Å². The fourth-order valence-electron chi connectivity index (χ4n) is 3.50. The smallest absolute Gasteiger partial charge is 0.261 e. The molecule has 0 unspecified atom stereocenters. The summed E-state index contributed by atoms with van der Waals surface area (Å²) >= 11 is 0. The first-order chi connectivity index (χ1) is 17.2. The molecule has 4 N–H and O–H groups in total. The molecule has 0 aliphatic carbocycles. The number of para-hydroxylation sites is 1. The number of carbonyl (C=O) groups is 2. The van der Waals surface area contributed by atoms with Crippen LogP contribution in [0.5, 0.6) is 0 Å². The summed E-state index contributed by atoms with van der Waals surface area (Å²) in [5, 5.41) is 5.45. The van der Waals surface area contributed by atoms with Gasteiger partial charge in [-0.05, 0) is 36.8 Å². The molecule has 2 amide bonds. The summed E-state index contributed by atoms with van der Waals surface area (Å²) < 4.78 is 55.3. The standard InChI is InChI=1S/C24H21F2N5O4S/c1-2-10-36(34,35)31-19-9-8-18(25)20(21(19)26)24(33)30-15-11-16-17(13-28-22(16)27-12-15)23(32)29-14-6-4-3-5-7-14/h3-9,11-13,31H,2,10H2,1H3,(H,27,28)(H,29,32)(H,30,33). The molecule has 0 fully saturated rings. The largest absolute Gasteiger partial charge is 0.345 e. The van der Waals surface area contributed by atoms with E-state index >= 15 is 0 Å². The van der Waals surface area contributed by atoms with Crippen molar-refractivity contribution >= 4 is 49.9 Å². The highest BCUT2D eigenvalue weighted by Gasteiger charge is 2.23. The van der Waals surface area contributed by atoms with Crippen molar-refractivity contribution in [1.29, 1.82) is 0 Å². The van der Waals surface area contributed by atoms with E-state index in [1.54, 1.807) is 31.2 Å². The van der Waals surface area contributed by atoms with Crippen molar-refractivity contribution in [3.05, 3.63) is 83.7 Å². The highest BCUT2D eigenvalue weighted by molar-refractivity contribution is 7.92. The van der Waals surface area contributed by atoms with Gasteiger partial charge >= 0.3 is 0 Å². The molecular formula is C24H21F2N5O4S. The fraction of sp³-hybridized carbons (Fsp3) is 0.125. The molecule has 0 atom stereocenters. The van der Waals surface area contributed by atoms with Gasteiger partial charge in [-0.3, -0.25) is 14.3 Å². The number of nitrogens with zero attached hydrogens (tertiary/aromatic N) is 1. The van der Waals surface area contributed by atoms with Gasteiger partial charge in [0.1, 0.15) is 17.0 Å². The monoisotopic (exact) mass is 513 g/mol. The molecular weight excluding hydrogens is 492 g/mol. The first kappa shape index (κ1) is 24.8. The van der Waals surface area contributed by atoms with Gasteiger partial charge in [-0.25, -0.2) is 22.2 Å². The second-order valence-electron chi connectivity index (χ2n) is 7.80. The molecule has 0 saturated carbocycles. The second-order valence-corrected chi connectivity index (χ2v) is 9.64. The predicted molar refractivity (Wildman–Crippen MR) is 133 cm³/mol. The average molecular weight is 514 g/mol. The lowest BCUT2D eigenvalue weighted by molar-refractivity contribution is 0.101. The van der Waals surface area contributed by atoms with E-state index in [-0.39, 0.29) is 23.4 Å². The summed E-state index contributed by atoms with van der Waals surface area (Å²) in [6.07, 6.45) is 2.98. The summed E-state index contributed by atoms with van der Waals surface area (Å²) in [4.78, 5) is 32.5. The van der Waals surface area contributed by atoms with Crippen LogP contribution in [0.3, 0.4) is 0 Å². The van der Waals surface area contributed by atoms with Gasteiger partial charge < -0.3 is 15.6 Å². The molecule has 9 nitrogen and oxygen atoms in total. The number of carbonyl (C=O) groups excluding carboxylic acids is 2. The van der Waals surface area contributed by atoms with Crippen LogP contribution < -0.4 is 15.4 Å². The molecule has 0 bridgehead atoms. The van der Waals surface area contributed by atoms with Gasteiger partial charge in [0.15, 0.2) is 5.82 Å². The SMILES string of the molecule is CCCS(=O)(=O)Nc1ccc(F)c(C(=O)Nc2cnc3[nH]cc(C(=O)Nc4ccccc4)c3c2)c1F. The third-order valence-electron chi connectivity index (χ3n) is 5.12. The molecule has 0 saturated heterocycles. The molecule has 12 heteroatoms. The lowest BCUT2D eigenvalue weighted by Crippen LogP contribution is -2.20. The van der Waals surface area contributed by atoms with Crippen LogP contribution in [0.2, 0.25) is 0 Å². The van der Waals surface area contributed by atoms with Crippen LogP contribution in [0.1, 0.15) is 34.1 Å². The van der Waals surface area contributed by atoms with Crippen LogP contribution in [0.4, 0.5) is 25.8 Å². The molecule has 0 spiro atoms. The normalized spacial score (nSPS) is 11.3. The molecule has 2 aromatic carbocycles. The van der Waals surface area contributed by atoms with E-state index in [9.17, 15) is 26.8 Å². The van der Waals surface area contributed by atoms with E-state index in [1.807, 2.05) is 10.8 Å². The van der Waals surface area contributed by atoms with Crippen LogP contribution in [-0.2, 0) is 10.0 Å². The average Bonchev–Trinajstić information content (AvgIpc) is 3.25. The lowest BCUT2D eigenvalue weighted by Gasteiger charge is -2.12. The topological polar surface area (TPSA) is 133 Å². The van der Waals surface area contributed by atoms with Gasteiger partial charge in [-0.2, -0.15) is 0 Å². The number of fused-ring (bicyclic) bond motifs is 1. The number of amides is 2. The molecule has 0 aliphatic rings. The Balaban J connectivity index is 1.60. The Morgan fingerprint density at radius 1 is 1.00 bits per heavy atom. The number of pyridine rings is 1. The minimum Gasteiger partial charge on any atom is -0.345 e. The molecule has 4 aromatic rings. The first-order valence-electron chi connectivity index (χ1n) is 10.8. The molecule has 0 aliphatic heterocycles. The summed E-state index contributed by atoms with van der Waals surface area (Å²) in [5.41, 5.74) is -0.277. The number of aromatic nitrogens is 2. The summed E-state index contributed by atoms with van der Waals surface area (Å²) in [6, 6.07) is 11.9. The zero-order valence-electron chi connectivity index (χ0n) is 18.9. The Labute approximate surface area is 205 Å². The highest BCUT2D eigenvalue weighted by atomic mass is 32.2. The van der Waals surface area contributed by atoms with Gasteiger partial charge in [-0.1, -0.05) is 25.1 Å². The van der Waals surface area contributed by atoms with Crippen LogP contribution in [-0.4, -0.2) is 36.0 Å². The van der Waals surface area contributed by atoms with Crippen molar-refractivity contribution < 1.29 is 26.8 Å². The molecule has 0 radical (unpaired) electrons. The van der Waals surface area contributed by atoms with Gasteiger partial charge in [0.25, 0.3) is 11.8 Å². The third kappa shape index (κ3) is 5.33. The number of anilines is 3. The molecule has 2 aromatic heterocycles. The molecule has 4 rings (SSSR count). The number of rotatable bonds is 8. The first-order valence-corrected chi connectivity index (χ1v) is 12.5. The lowest BCUT2D eigenvalue weighted by atomic mass is 10.1. The quantitative estimate of drug-likeness (QED) is 0.275. The number of benzene rings is 2. The van der Waals surface area contributed by atoms with Crippen molar-refractivity contribution in [1.82, 2.24) is 9.97 Å². The van der Waals surface area contributed by atoms with Crippen LogP contribution >= 0.6 is 0 Å². The van der Waals surface area contributed by atoms with Crippen molar-refractivity contribution in [2.24, 2.45) is 0 Å². The van der Waals surface area contributed by atoms with Crippen molar-refractivity contribution in [3.63, 3.8) is 0 Å². The van der Waals surface area contributed by atoms with E-state index < -0.39 is 44.7 Å². The maximum atomic E-state index is 14.9. The van der Waals surface area contributed by atoms with Gasteiger partial charge in [0.2, 0.25) is 10.0 Å². The van der Waals surface area contributed by atoms with Gasteiger partial charge in [0.05, 0.1) is 28.9 Å². The second kappa shape index (κ2) is 10.1. The molecule has 2 heterocycles. The number of nitrogens with one attached hydrogen (secondary N) is 4. The molecule has 36 heavy (non-hydrogen) atoms. The van der Waals surface area contributed by atoms with Crippen molar-refractivity contribution in [3.8, 4) is 0 Å². The van der Waals surface area contributed by atoms with E-state index in [0.29, 0.717) is 16.7 Å². The Morgan fingerprint density at radius 2 is 1.72 bits per heavy atom. The van der Waals surface area contributed by atoms with E-state index in [1.165, 1.54) is 18.5 Å². The Morgan fingerprint density at radius 3 is 2.44 bits per heavy atom. The fourth-order valence-corrected chi connectivity index (χ4v) is 4.63. The number of hydrogen-bond acceptors (Lipinski definition) is 5. The minimum absolute atomic E-state index is 0.0663. The zero-order valence-corrected chi connectivity index (χ0v) is 19.7. The van der Waals surface area contributed by atoms with Crippen molar-refractivity contribution in [2.75, 3.05) is 21.1 Å². The number of H-pyrrole nitrogens is 1. The third-order valence-corrected chi connectivity index (χ3v) is 6.60. The van der Waals surface area contributed by atoms with E-state index in [0.717, 1.165) is 12.1 Å². The predicted octanol–water partition coefficient (Wildman–Crippen LogP) is 4.50. The molecule has 186 valence electrons. The zero-order chi connectivity index (χ0) is 25.9. The number of sulfonamides is 1. The van der Waals surface area contributed by atoms with E-state index in [2.05, 4.69) is 20.6 Å².